The Hall–Kier alpha value is -5.24. The standard InChI is InChI=1S/C28H12O8/c29-25(30)14-5-9-1-2-10-6-16(27(33)34)21-17(28(35)36)7-11-3-4-12-15(26(31)32)8-13(14)23-18(9)19(10)24(21)20(11)22(12)23/h1-8H,(H,29,30)(H,31,32)(H,33,34)(H,35,36). The molecule has 0 heterocycles. The fourth-order valence-electron chi connectivity index (χ4n) is 5.98. The van der Waals surface area contributed by atoms with E-state index in [1.54, 1.807) is 24.3 Å². The third-order valence-electron chi connectivity index (χ3n) is 7.26. The summed E-state index contributed by atoms with van der Waals surface area (Å²) in [6.07, 6.45) is 0. The van der Waals surface area contributed by atoms with Gasteiger partial charge in [0, 0.05) is 10.8 Å². The molecule has 0 saturated heterocycles. The van der Waals surface area contributed by atoms with Crippen molar-refractivity contribution in [2.75, 3.05) is 0 Å². The van der Waals surface area contributed by atoms with Crippen molar-refractivity contribution >= 4 is 88.5 Å². The third-order valence-corrected chi connectivity index (χ3v) is 7.26. The molecule has 0 aromatic heterocycles. The zero-order valence-electron chi connectivity index (χ0n) is 18.0. The lowest BCUT2D eigenvalue weighted by molar-refractivity contribution is 0.0685. The van der Waals surface area contributed by atoms with Crippen LogP contribution in [0.2, 0.25) is 0 Å². The van der Waals surface area contributed by atoms with Gasteiger partial charge in [0.05, 0.1) is 22.3 Å². The van der Waals surface area contributed by atoms with Gasteiger partial charge in [-0.3, -0.25) is 0 Å². The second-order valence-electron chi connectivity index (χ2n) is 8.94. The van der Waals surface area contributed by atoms with Crippen LogP contribution in [-0.2, 0) is 0 Å². The van der Waals surface area contributed by atoms with Crippen LogP contribution < -0.4 is 0 Å². The van der Waals surface area contributed by atoms with Gasteiger partial charge in [0.25, 0.3) is 0 Å². The van der Waals surface area contributed by atoms with Crippen LogP contribution in [0.5, 0.6) is 0 Å². The van der Waals surface area contributed by atoms with Crippen molar-refractivity contribution in [2.24, 2.45) is 0 Å². The number of carboxylic acids is 4. The Balaban J connectivity index is 1.98. The maximum Gasteiger partial charge on any atom is 0.336 e. The van der Waals surface area contributed by atoms with Gasteiger partial charge in [0.15, 0.2) is 0 Å². The fourth-order valence-corrected chi connectivity index (χ4v) is 5.98. The minimum atomic E-state index is -1.29. The normalized spacial score (nSPS) is 12.2. The van der Waals surface area contributed by atoms with Gasteiger partial charge in [-0.2, -0.15) is 0 Å². The van der Waals surface area contributed by atoms with Crippen LogP contribution >= 0.6 is 0 Å². The Morgan fingerprint density at radius 2 is 0.778 bits per heavy atom. The molecule has 8 nitrogen and oxygen atoms in total. The molecule has 0 spiro atoms. The monoisotopic (exact) mass is 476 g/mol. The smallest absolute Gasteiger partial charge is 0.336 e. The van der Waals surface area contributed by atoms with E-state index in [-0.39, 0.29) is 33.0 Å². The highest BCUT2D eigenvalue weighted by Crippen LogP contribution is 2.51. The molecule has 4 N–H and O–H groups in total. The Kier molecular flexibility index (Phi) is 3.50. The number of hydrogen-bond donors (Lipinski definition) is 4. The molecule has 8 heteroatoms. The summed E-state index contributed by atoms with van der Waals surface area (Å²) < 4.78 is 0. The van der Waals surface area contributed by atoms with Crippen molar-refractivity contribution in [3.63, 3.8) is 0 Å². The summed E-state index contributed by atoms with van der Waals surface area (Å²) in [5.41, 5.74) is -0.502. The first-order valence-corrected chi connectivity index (χ1v) is 10.8. The molecular weight excluding hydrogens is 464 g/mol. The van der Waals surface area contributed by atoms with Gasteiger partial charge in [-0.1, -0.05) is 24.3 Å². The van der Waals surface area contributed by atoms with Gasteiger partial charge in [-0.05, 0) is 78.1 Å². The number of benzene rings is 7. The molecule has 0 aliphatic heterocycles. The first kappa shape index (κ1) is 20.2. The van der Waals surface area contributed by atoms with E-state index in [9.17, 15) is 39.6 Å². The SMILES string of the molecule is O=C(O)c1cc2ccc3cc(C(=O)O)c4c(C(=O)O)cc5ccc6c(C(=O)O)cc1c1c2c3c4c5c61. The highest BCUT2D eigenvalue weighted by Gasteiger charge is 2.29. The summed E-state index contributed by atoms with van der Waals surface area (Å²) in [5, 5.41) is 45.5. The van der Waals surface area contributed by atoms with Gasteiger partial charge in [-0.15, -0.1) is 0 Å². The number of carboxylic acid groups (broad SMARTS) is 4. The molecule has 0 fully saturated rings. The molecule has 0 saturated carbocycles. The summed E-state index contributed by atoms with van der Waals surface area (Å²) in [7, 11) is 0. The Bertz CT molecular complexity index is 2130. The summed E-state index contributed by atoms with van der Waals surface area (Å²) in [6, 6.07) is 12.3. The number of aromatic carboxylic acids is 4. The van der Waals surface area contributed by atoms with Crippen molar-refractivity contribution in [1.82, 2.24) is 0 Å². The highest BCUT2D eigenvalue weighted by atomic mass is 16.4. The lowest BCUT2D eigenvalue weighted by atomic mass is 9.79. The first-order valence-electron chi connectivity index (χ1n) is 10.8. The maximum absolute atomic E-state index is 12.3. The molecule has 172 valence electrons. The maximum atomic E-state index is 12.3. The van der Waals surface area contributed by atoms with Crippen LogP contribution in [0.15, 0.2) is 48.5 Å². The molecule has 0 unspecified atom stereocenters. The van der Waals surface area contributed by atoms with Crippen molar-refractivity contribution in [3.05, 3.63) is 70.8 Å². The molecule has 36 heavy (non-hydrogen) atoms. The number of carbonyl (C=O) groups is 4. The number of hydrogen-bond acceptors (Lipinski definition) is 4. The average molecular weight is 476 g/mol. The second kappa shape index (κ2) is 6.25. The van der Waals surface area contributed by atoms with Crippen LogP contribution in [0.4, 0.5) is 0 Å². The molecular formula is C28H12O8. The minimum Gasteiger partial charge on any atom is -0.478 e. The first-order chi connectivity index (χ1) is 17.2. The molecule has 0 bridgehead atoms. The summed E-state index contributed by atoms with van der Waals surface area (Å²) >= 11 is 0. The fraction of sp³-hybridized carbons (Fsp3) is 0. The summed E-state index contributed by atoms with van der Waals surface area (Å²) in [6.45, 7) is 0. The van der Waals surface area contributed by atoms with E-state index in [1.807, 2.05) is 0 Å². The molecule has 0 amide bonds. The highest BCUT2D eigenvalue weighted by molar-refractivity contribution is 6.48. The van der Waals surface area contributed by atoms with Gasteiger partial charge >= 0.3 is 23.9 Å². The van der Waals surface area contributed by atoms with E-state index in [4.69, 9.17) is 0 Å². The van der Waals surface area contributed by atoms with Gasteiger partial charge < -0.3 is 20.4 Å². The zero-order chi connectivity index (χ0) is 25.2. The Morgan fingerprint density at radius 1 is 0.389 bits per heavy atom. The van der Waals surface area contributed by atoms with Crippen LogP contribution in [-0.4, -0.2) is 44.3 Å². The van der Waals surface area contributed by atoms with Gasteiger partial charge in [0.2, 0.25) is 0 Å². The predicted molar refractivity (Wildman–Crippen MR) is 133 cm³/mol. The van der Waals surface area contributed by atoms with E-state index in [1.165, 1.54) is 24.3 Å². The quantitative estimate of drug-likeness (QED) is 0.186. The van der Waals surface area contributed by atoms with Crippen LogP contribution in [0.1, 0.15) is 41.4 Å². The molecule has 7 rings (SSSR count). The van der Waals surface area contributed by atoms with E-state index in [0.717, 1.165) is 0 Å². The van der Waals surface area contributed by atoms with Crippen molar-refractivity contribution in [3.8, 4) is 0 Å². The van der Waals surface area contributed by atoms with E-state index < -0.39 is 23.9 Å². The molecule has 7 aromatic carbocycles. The van der Waals surface area contributed by atoms with Crippen molar-refractivity contribution in [2.45, 2.75) is 0 Å². The second-order valence-corrected chi connectivity index (χ2v) is 8.94. The Labute approximate surface area is 199 Å². The van der Waals surface area contributed by atoms with Crippen molar-refractivity contribution < 1.29 is 39.6 Å². The Morgan fingerprint density at radius 3 is 1.31 bits per heavy atom. The third kappa shape index (κ3) is 2.18. The molecule has 0 aliphatic rings. The largest absolute Gasteiger partial charge is 0.478 e. The van der Waals surface area contributed by atoms with E-state index >= 15 is 0 Å². The average Bonchev–Trinajstić information content (AvgIpc) is 2.84. The zero-order valence-corrected chi connectivity index (χ0v) is 18.0. The predicted octanol–water partition coefficient (Wildman–Crippen LogP) is 5.71. The lowest BCUT2D eigenvalue weighted by Crippen LogP contribution is -2.08. The molecule has 0 radical (unpaired) electrons. The lowest BCUT2D eigenvalue weighted by Gasteiger charge is -2.23. The molecule has 0 aliphatic carbocycles. The number of rotatable bonds is 4. The molecule has 0 atom stereocenters. The van der Waals surface area contributed by atoms with E-state index in [0.29, 0.717) is 53.9 Å². The summed E-state index contributed by atoms with van der Waals surface area (Å²) in [5.74, 6) is -5.03. The summed E-state index contributed by atoms with van der Waals surface area (Å²) in [4.78, 5) is 49.1. The molecule has 7 aromatic rings. The van der Waals surface area contributed by atoms with Gasteiger partial charge in [-0.25, -0.2) is 19.2 Å². The van der Waals surface area contributed by atoms with Crippen LogP contribution in [0, 0.1) is 0 Å². The van der Waals surface area contributed by atoms with Gasteiger partial charge in [0.1, 0.15) is 0 Å². The minimum absolute atomic E-state index is 0.0526. The van der Waals surface area contributed by atoms with E-state index in [2.05, 4.69) is 0 Å². The van der Waals surface area contributed by atoms with Crippen LogP contribution in [0.25, 0.3) is 64.6 Å². The topological polar surface area (TPSA) is 149 Å². The van der Waals surface area contributed by atoms with Crippen LogP contribution in [0.3, 0.4) is 0 Å². The van der Waals surface area contributed by atoms with Crippen molar-refractivity contribution in [1.29, 1.82) is 0 Å².